The van der Waals surface area contributed by atoms with Crippen molar-refractivity contribution in [3.8, 4) is 11.5 Å². The molecule has 160 valence electrons. The van der Waals surface area contributed by atoms with Gasteiger partial charge in [-0.05, 0) is 67.9 Å². The SMILES string of the molecule is CCOc1cccc(C(=O)NC(=S)Nc2ccccc2OCCCc2ccccc2)c1. The average molecular weight is 435 g/mol. The Kier molecular flexibility index (Phi) is 8.43. The maximum Gasteiger partial charge on any atom is 0.257 e. The van der Waals surface area contributed by atoms with Crippen LogP contribution in [0.15, 0.2) is 78.9 Å². The minimum atomic E-state index is -0.305. The number of aryl methyl sites for hydroxylation is 1. The summed E-state index contributed by atoms with van der Waals surface area (Å²) in [6.07, 6.45) is 1.85. The van der Waals surface area contributed by atoms with E-state index in [4.69, 9.17) is 21.7 Å². The Morgan fingerprint density at radius 1 is 0.935 bits per heavy atom. The number of rotatable bonds is 9. The van der Waals surface area contributed by atoms with Crippen LogP contribution in [0.5, 0.6) is 11.5 Å². The summed E-state index contributed by atoms with van der Waals surface area (Å²) in [6, 6.07) is 24.8. The molecule has 3 aromatic rings. The molecule has 1 amide bonds. The van der Waals surface area contributed by atoms with Gasteiger partial charge in [-0.3, -0.25) is 10.1 Å². The topological polar surface area (TPSA) is 59.6 Å². The Hall–Kier alpha value is -3.38. The van der Waals surface area contributed by atoms with Gasteiger partial charge in [0, 0.05) is 5.56 Å². The van der Waals surface area contributed by atoms with Crippen LogP contribution in [0.2, 0.25) is 0 Å². The van der Waals surface area contributed by atoms with Crippen molar-refractivity contribution in [2.45, 2.75) is 19.8 Å². The molecule has 3 rings (SSSR count). The highest BCUT2D eigenvalue weighted by molar-refractivity contribution is 7.80. The van der Waals surface area contributed by atoms with Crippen molar-refractivity contribution < 1.29 is 14.3 Å². The Balaban J connectivity index is 1.53. The first kappa shape index (κ1) is 22.3. The van der Waals surface area contributed by atoms with Crippen LogP contribution < -0.4 is 20.1 Å². The van der Waals surface area contributed by atoms with Crippen molar-refractivity contribution in [1.29, 1.82) is 0 Å². The fourth-order valence-electron chi connectivity index (χ4n) is 3.02. The summed E-state index contributed by atoms with van der Waals surface area (Å²) in [4.78, 5) is 12.5. The minimum absolute atomic E-state index is 0.201. The van der Waals surface area contributed by atoms with Gasteiger partial charge in [0.2, 0.25) is 0 Å². The lowest BCUT2D eigenvalue weighted by Crippen LogP contribution is -2.34. The van der Waals surface area contributed by atoms with Crippen molar-refractivity contribution in [1.82, 2.24) is 5.32 Å². The van der Waals surface area contributed by atoms with Gasteiger partial charge in [0.05, 0.1) is 18.9 Å². The first-order valence-corrected chi connectivity index (χ1v) is 10.7. The van der Waals surface area contributed by atoms with Gasteiger partial charge < -0.3 is 14.8 Å². The Morgan fingerprint density at radius 2 is 1.71 bits per heavy atom. The molecule has 2 N–H and O–H groups in total. The highest BCUT2D eigenvalue weighted by atomic mass is 32.1. The molecule has 0 heterocycles. The number of thiocarbonyl (C=S) groups is 1. The zero-order valence-corrected chi connectivity index (χ0v) is 18.3. The second kappa shape index (κ2) is 11.7. The predicted octanol–water partition coefficient (Wildman–Crippen LogP) is 5.22. The maximum atomic E-state index is 12.5. The van der Waals surface area contributed by atoms with Crippen LogP contribution in [0.1, 0.15) is 29.3 Å². The molecule has 3 aromatic carbocycles. The van der Waals surface area contributed by atoms with E-state index in [-0.39, 0.29) is 11.0 Å². The highest BCUT2D eigenvalue weighted by Gasteiger charge is 2.11. The Bertz CT molecular complexity index is 1010. The summed E-state index contributed by atoms with van der Waals surface area (Å²) in [5.74, 6) is 1.02. The van der Waals surface area contributed by atoms with E-state index in [2.05, 4.69) is 22.8 Å². The van der Waals surface area contributed by atoms with Crippen LogP contribution in [0, 0.1) is 0 Å². The lowest BCUT2D eigenvalue weighted by atomic mass is 10.1. The quantitative estimate of drug-likeness (QED) is 0.357. The van der Waals surface area contributed by atoms with Crippen LogP contribution in [-0.2, 0) is 6.42 Å². The van der Waals surface area contributed by atoms with E-state index >= 15 is 0 Å². The molecule has 0 spiro atoms. The summed E-state index contributed by atoms with van der Waals surface area (Å²) < 4.78 is 11.4. The first-order chi connectivity index (χ1) is 15.2. The number of carbonyl (C=O) groups excluding carboxylic acids is 1. The molecular weight excluding hydrogens is 408 g/mol. The molecule has 0 saturated heterocycles. The second-order valence-corrected chi connectivity index (χ2v) is 7.21. The van der Waals surface area contributed by atoms with Crippen LogP contribution in [-0.4, -0.2) is 24.2 Å². The lowest BCUT2D eigenvalue weighted by molar-refractivity contribution is 0.0977. The molecule has 0 fully saturated rings. The van der Waals surface area contributed by atoms with E-state index in [1.165, 1.54) is 5.56 Å². The van der Waals surface area contributed by atoms with Crippen molar-refractivity contribution >= 4 is 28.9 Å². The lowest BCUT2D eigenvalue weighted by Gasteiger charge is -2.14. The molecule has 0 atom stereocenters. The number of hydrogen-bond acceptors (Lipinski definition) is 4. The number of anilines is 1. The first-order valence-electron chi connectivity index (χ1n) is 10.3. The molecular formula is C25H26N2O3S. The third kappa shape index (κ3) is 7.12. The standard InChI is InChI=1S/C25H26N2O3S/c1-2-29-21-14-8-13-20(18-21)24(28)27-25(31)26-22-15-6-7-16-23(22)30-17-9-12-19-10-4-3-5-11-19/h3-8,10-11,13-16,18H,2,9,12,17H2,1H3,(H2,26,27,28,31). The monoisotopic (exact) mass is 434 g/mol. The van der Waals surface area contributed by atoms with E-state index in [9.17, 15) is 4.79 Å². The van der Waals surface area contributed by atoms with Gasteiger partial charge >= 0.3 is 0 Å². The zero-order chi connectivity index (χ0) is 21.9. The fraction of sp³-hybridized carbons (Fsp3) is 0.200. The number of hydrogen-bond donors (Lipinski definition) is 2. The van der Waals surface area contributed by atoms with Crippen LogP contribution in [0.3, 0.4) is 0 Å². The van der Waals surface area contributed by atoms with Gasteiger partial charge in [-0.2, -0.15) is 0 Å². The zero-order valence-electron chi connectivity index (χ0n) is 17.5. The largest absolute Gasteiger partial charge is 0.494 e. The number of ether oxygens (including phenoxy) is 2. The summed E-state index contributed by atoms with van der Waals surface area (Å²) >= 11 is 5.33. The number of para-hydroxylation sites is 2. The van der Waals surface area contributed by atoms with Gasteiger partial charge in [-0.15, -0.1) is 0 Å². The minimum Gasteiger partial charge on any atom is -0.494 e. The molecule has 0 bridgehead atoms. The van der Waals surface area contributed by atoms with Crippen LogP contribution >= 0.6 is 12.2 Å². The van der Waals surface area contributed by atoms with Gasteiger partial charge in [-0.25, -0.2) is 0 Å². The Labute approximate surface area is 188 Å². The van der Waals surface area contributed by atoms with Crippen LogP contribution in [0.4, 0.5) is 5.69 Å². The van der Waals surface area contributed by atoms with Crippen LogP contribution in [0.25, 0.3) is 0 Å². The number of amides is 1. The molecule has 31 heavy (non-hydrogen) atoms. The number of benzene rings is 3. The van der Waals surface area contributed by atoms with E-state index < -0.39 is 0 Å². The highest BCUT2D eigenvalue weighted by Crippen LogP contribution is 2.24. The summed E-state index contributed by atoms with van der Waals surface area (Å²) in [7, 11) is 0. The van der Waals surface area contributed by atoms with E-state index in [1.54, 1.807) is 18.2 Å². The molecule has 6 heteroatoms. The molecule has 0 unspecified atom stereocenters. The van der Waals surface area contributed by atoms with Gasteiger partial charge in [0.25, 0.3) is 5.91 Å². The molecule has 0 aliphatic rings. The third-order valence-corrected chi connectivity index (χ3v) is 4.68. The predicted molar refractivity (Wildman–Crippen MR) is 128 cm³/mol. The molecule has 0 aliphatic heterocycles. The van der Waals surface area contributed by atoms with E-state index in [1.807, 2.05) is 55.5 Å². The number of nitrogens with one attached hydrogen (secondary N) is 2. The van der Waals surface area contributed by atoms with Gasteiger partial charge in [0.15, 0.2) is 5.11 Å². The summed E-state index contributed by atoms with van der Waals surface area (Å²) in [5.41, 5.74) is 2.46. The summed E-state index contributed by atoms with van der Waals surface area (Å²) in [5, 5.41) is 5.95. The summed E-state index contributed by atoms with van der Waals surface area (Å²) in [6.45, 7) is 3.01. The normalized spacial score (nSPS) is 10.2. The van der Waals surface area contributed by atoms with Crippen molar-refractivity contribution in [2.75, 3.05) is 18.5 Å². The fourth-order valence-corrected chi connectivity index (χ4v) is 3.22. The van der Waals surface area contributed by atoms with Crippen molar-refractivity contribution in [3.63, 3.8) is 0 Å². The Morgan fingerprint density at radius 3 is 2.52 bits per heavy atom. The smallest absolute Gasteiger partial charge is 0.257 e. The average Bonchev–Trinajstić information content (AvgIpc) is 2.79. The molecule has 0 radical (unpaired) electrons. The van der Waals surface area contributed by atoms with Crippen molar-refractivity contribution in [3.05, 3.63) is 90.0 Å². The van der Waals surface area contributed by atoms with Crippen molar-refractivity contribution in [2.24, 2.45) is 0 Å². The van der Waals surface area contributed by atoms with Gasteiger partial charge in [-0.1, -0.05) is 48.5 Å². The number of carbonyl (C=O) groups is 1. The third-order valence-electron chi connectivity index (χ3n) is 4.48. The second-order valence-electron chi connectivity index (χ2n) is 6.80. The molecule has 0 aliphatic carbocycles. The van der Waals surface area contributed by atoms with Gasteiger partial charge in [0.1, 0.15) is 11.5 Å². The van der Waals surface area contributed by atoms with E-state index in [0.717, 1.165) is 12.8 Å². The molecule has 0 saturated carbocycles. The maximum absolute atomic E-state index is 12.5. The molecule has 5 nitrogen and oxygen atoms in total. The van der Waals surface area contributed by atoms with E-state index in [0.29, 0.717) is 36.0 Å². The molecule has 0 aromatic heterocycles.